The molecule has 3 aromatic rings. The van der Waals surface area contributed by atoms with Gasteiger partial charge < -0.3 is 19.9 Å². The number of rotatable bonds is 3. The lowest BCUT2D eigenvalue weighted by Gasteiger charge is -2.35. The molecule has 140 valence electrons. The Morgan fingerprint density at radius 2 is 2.15 bits per heavy atom. The second-order valence-corrected chi connectivity index (χ2v) is 7.16. The van der Waals surface area contributed by atoms with Gasteiger partial charge in [-0.05, 0) is 44.5 Å². The fourth-order valence-electron chi connectivity index (χ4n) is 3.57. The van der Waals surface area contributed by atoms with Gasteiger partial charge in [-0.25, -0.2) is 9.97 Å². The second-order valence-electron chi connectivity index (χ2n) is 7.16. The fraction of sp³-hybridized carbons (Fsp3) is 0.350. The Kier molecular flexibility index (Phi) is 4.31. The number of benzene rings is 1. The van der Waals surface area contributed by atoms with Gasteiger partial charge in [0.1, 0.15) is 12.1 Å². The number of fused-ring (bicyclic) bond motifs is 2. The van der Waals surface area contributed by atoms with Crippen molar-refractivity contribution in [1.82, 2.24) is 19.4 Å². The zero-order valence-corrected chi connectivity index (χ0v) is 15.7. The largest absolute Gasteiger partial charge is 0.439 e. The minimum atomic E-state index is -0.524. The Morgan fingerprint density at radius 3 is 2.93 bits per heavy atom. The van der Waals surface area contributed by atoms with Crippen molar-refractivity contribution in [3.63, 3.8) is 0 Å². The summed E-state index contributed by atoms with van der Waals surface area (Å²) in [7, 11) is 2.01. The maximum absolute atomic E-state index is 12.3. The molecule has 0 radical (unpaired) electrons. The Morgan fingerprint density at radius 1 is 1.33 bits per heavy atom. The van der Waals surface area contributed by atoms with Gasteiger partial charge in [-0.1, -0.05) is 0 Å². The molecular formula is C20H23N5O2. The Labute approximate surface area is 157 Å². The number of nitrogens with zero attached hydrogens (tertiary/aromatic N) is 4. The number of nitrogens with two attached hydrogens (primary N) is 1. The first kappa shape index (κ1) is 17.5. The number of aromatic nitrogens is 3. The predicted octanol–water partition coefficient (Wildman–Crippen LogP) is 2.38. The smallest absolute Gasteiger partial charge is 0.239 e. The molecule has 0 fully saturated rings. The summed E-state index contributed by atoms with van der Waals surface area (Å²) in [5, 5.41) is 1.11. The van der Waals surface area contributed by atoms with Crippen molar-refractivity contribution in [2.75, 3.05) is 0 Å². The first-order valence-corrected chi connectivity index (χ1v) is 9.06. The standard InChI is InChI=1S/C20H23N5O2/c1-12-8-16-17(10-25(12)20(26)13(2)21)22-11-23-19(16)27-15-4-5-18-14(9-15)6-7-24(18)3/h4-7,9,11-13H,8,10,21H2,1-3H3/t12-,13?/m0/s1. The summed E-state index contributed by atoms with van der Waals surface area (Å²) in [6.45, 7) is 4.14. The fourth-order valence-corrected chi connectivity index (χ4v) is 3.57. The van der Waals surface area contributed by atoms with Crippen LogP contribution >= 0.6 is 0 Å². The van der Waals surface area contributed by atoms with E-state index in [9.17, 15) is 4.79 Å². The van der Waals surface area contributed by atoms with E-state index in [1.807, 2.05) is 38.4 Å². The quantitative estimate of drug-likeness (QED) is 0.770. The van der Waals surface area contributed by atoms with Crippen LogP contribution in [0.1, 0.15) is 25.1 Å². The molecule has 0 bridgehead atoms. The normalized spacial score (nSPS) is 17.6. The van der Waals surface area contributed by atoms with E-state index in [-0.39, 0.29) is 11.9 Å². The van der Waals surface area contributed by atoms with Gasteiger partial charge in [0.25, 0.3) is 0 Å². The van der Waals surface area contributed by atoms with Gasteiger partial charge >= 0.3 is 0 Å². The summed E-state index contributed by atoms with van der Waals surface area (Å²) >= 11 is 0. The van der Waals surface area contributed by atoms with Crippen molar-refractivity contribution in [2.24, 2.45) is 12.8 Å². The highest BCUT2D eigenvalue weighted by atomic mass is 16.5. The topological polar surface area (TPSA) is 86.3 Å². The summed E-state index contributed by atoms with van der Waals surface area (Å²) in [6.07, 6.45) is 4.14. The van der Waals surface area contributed by atoms with E-state index in [1.165, 1.54) is 6.33 Å². The third kappa shape index (κ3) is 3.14. The first-order valence-electron chi connectivity index (χ1n) is 9.06. The molecule has 0 aliphatic carbocycles. The zero-order chi connectivity index (χ0) is 19.1. The number of ether oxygens (including phenoxy) is 1. The highest BCUT2D eigenvalue weighted by molar-refractivity contribution is 5.82. The average molecular weight is 365 g/mol. The summed E-state index contributed by atoms with van der Waals surface area (Å²) < 4.78 is 8.16. The summed E-state index contributed by atoms with van der Waals surface area (Å²) in [4.78, 5) is 22.8. The van der Waals surface area contributed by atoms with Crippen LogP contribution in [-0.2, 0) is 24.8 Å². The third-order valence-corrected chi connectivity index (χ3v) is 5.09. The molecular weight excluding hydrogens is 342 g/mol. The number of hydrogen-bond acceptors (Lipinski definition) is 5. The lowest BCUT2D eigenvalue weighted by Crippen LogP contribution is -2.49. The maximum atomic E-state index is 12.3. The van der Waals surface area contributed by atoms with E-state index >= 15 is 0 Å². The molecule has 2 atom stereocenters. The third-order valence-electron chi connectivity index (χ3n) is 5.09. The molecule has 7 nitrogen and oxygen atoms in total. The van der Waals surface area contributed by atoms with Crippen LogP contribution in [0.25, 0.3) is 10.9 Å². The monoisotopic (exact) mass is 365 g/mol. The zero-order valence-electron chi connectivity index (χ0n) is 15.7. The maximum Gasteiger partial charge on any atom is 0.239 e. The molecule has 1 aromatic carbocycles. The molecule has 4 rings (SSSR count). The lowest BCUT2D eigenvalue weighted by molar-refractivity contribution is -0.135. The van der Waals surface area contributed by atoms with Gasteiger partial charge in [-0.3, -0.25) is 4.79 Å². The van der Waals surface area contributed by atoms with Gasteiger partial charge in [-0.15, -0.1) is 0 Å². The van der Waals surface area contributed by atoms with Crippen LogP contribution in [0.3, 0.4) is 0 Å². The Bertz CT molecular complexity index is 1010. The molecule has 27 heavy (non-hydrogen) atoms. The predicted molar refractivity (Wildman–Crippen MR) is 102 cm³/mol. The highest BCUT2D eigenvalue weighted by Gasteiger charge is 2.31. The van der Waals surface area contributed by atoms with Crippen LogP contribution in [-0.4, -0.2) is 37.4 Å². The Balaban J connectivity index is 1.63. The minimum absolute atomic E-state index is 0.0148. The van der Waals surface area contributed by atoms with E-state index in [1.54, 1.807) is 11.8 Å². The van der Waals surface area contributed by atoms with Crippen molar-refractivity contribution in [3.8, 4) is 11.6 Å². The molecule has 0 saturated carbocycles. The first-order chi connectivity index (χ1) is 12.9. The number of carbonyl (C=O) groups is 1. The van der Waals surface area contributed by atoms with Gasteiger partial charge in [0.15, 0.2) is 0 Å². The van der Waals surface area contributed by atoms with Crippen LogP contribution in [0.4, 0.5) is 0 Å². The number of aryl methyl sites for hydroxylation is 1. The van der Waals surface area contributed by atoms with Gasteiger partial charge in [0, 0.05) is 35.8 Å². The van der Waals surface area contributed by atoms with Crippen molar-refractivity contribution < 1.29 is 9.53 Å². The average Bonchev–Trinajstić information content (AvgIpc) is 3.01. The Hall–Kier alpha value is -2.93. The van der Waals surface area contributed by atoms with Crippen molar-refractivity contribution in [2.45, 2.75) is 38.9 Å². The number of hydrogen-bond donors (Lipinski definition) is 1. The summed E-state index contributed by atoms with van der Waals surface area (Å²) in [5.74, 6) is 1.22. The van der Waals surface area contributed by atoms with E-state index < -0.39 is 6.04 Å². The van der Waals surface area contributed by atoms with Crippen LogP contribution in [0.15, 0.2) is 36.8 Å². The summed E-state index contributed by atoms with van der Waals surface area (Å²) in [5.41, 5.74) is 8.69. The highest BCUT2D eigenvalue weighted by Crippen LogP contribution is 2.32. The van der Waals surface area contributed by atoms with Crippen LogP contribution in [0.5, 0.6) is 11.6 Å². The van der Waals surface area contributed by atoms with E-state index in [0.717, 1.165) is 27.9 Å². The molecule has 0 spiro atoms. The molecule has 1 aliphatic heterocycles. The van der Waals surface area contributed by atoms with Gasteiger partial charge in [0.2, 0.25) is 11.8 Å². The van der Waals surface area contributed by atoms with E-state index in [4.69, 9.17) is 10.5 Å². The van der Waals surface area contributed by atoms with Gasteiger partial charge in [-0.2, -0.15) is 0 Å². The lowest BCUT2D eigenvalue weighted by atomic mass is 9.99. The molecule has 2 aromatic heterocycles. The molecule has 0 saturated heterocycles. The number of amides is 1. The molecule has 2 N–H and O–H groups in total. The molecule has 1 aliphatic rings. The molecule has 3 heterocycles. The summed E-state index contributed by atoms with van der Waals surface area (Å²) in [6, 6.07) is 7.52. The van der Waals surface area contributed by atoms with Crippen LogP contribution < -0.4 is 10.5 Å². The molecule has 7 heteroatoms. The van der Waals surface area contributed by atoms with Crippen LogP contribution in [0, 0.1) is 0 Å². The van der Waals surface area contributed by atoms with Crippen molar-refractivity contribution in [1.29, 1.82) is 0 Å². The molecule has 1 amide bonds. The van der Waals surface area contributed by atoms with Crippen molar-refractivity contribution >= 4 is 16.8 Å². The SMILES string of the molecule is CC(N)C(=O)N1Cc2ncnc(Oc3ccc4c(ccn4C)c3)c2C[C@@H]1C. The van der Waals surface area contributed by atoms with Crippen LogP contribution in [0.2, 0.25) is 0 Å². The van der Waals surface area contributed by atoms with E-state index in [0.29, 0.717) is 18.8 Å². The second kappa shape index (κ2) is 6.66. The van der Waals surface area contributed by atoms with E-state index in [2.05, 4.69) is 20.6 Å². The molecule has 1 unspecified atom stereocenters. The minimum Gasteiger partial charge on any atom is -0.439 e. The van der Waals surface area contributed by atoms with Crippen molar-refractivity contribution in [3.05, 3.63) is 48.0 Å². The van der Waals surface area contributed by atoms with Gasteiger partial charge in [0.05, 0.1) is 18.3 Å². The number of carbonyl (C=O) groups excluding carboxylic acids is 1.